The molecule has 1 unspecified atom stereocenters. The average molecular weight is 340 g/mol. The smallest absolute Gasteiger partial charge is 0.0466 e. The molecule has 0 radical (unpaired) electrons. The molecule has 25 heavy (non-hydrogen) atoms. The fourth-order valence-electron chi connectivity index (χ4n) is 3.07. The zero-order valence-electron chi connectivity index (χ0n) is 15.4. The fraction of sp³-hybridized carbons (Fsp3) is 0.478. The van der Waals surface area contributed by atoms with Crippen LogP contribution in [0.4, 0.5) is 0 Å². The lowest BCUT2D eigenvalue weighted by molar-refractivity contribution is 0.126. The van der Waals surface area contributed by atoms with Crippen molar-refractivity contribution in [1.29, 1.82) is 0 Å². The topological polar surface area (TPSA) is 35.2 Å². The lowest BCUT2D eigenvalue weighted by atomic mass is 10.0. The lowest BCUT2D eigenvalue weighted by Crippen LogP contribution is -2.09. The Morgan fingerprint density at radius 2 is 1.28 bits per heavy atom. The van der Waals surface area contributed by atoms with Crippen molar-refractivity contribution in [1.82, 2.24) is 0 Å². The molecule has 2 aromatic rings. The molecule has 2 aromatic carbocycles. The van der Waals surface area contributed by atoms with Gasteiger partial charge in [0.05, 0.1) is 0 Å². The number of ether oxygens (including phenoxy) is 1. The summed E-state index contributed by atoms with van der Waals surface area (Å²) in [4.78, 5) is 0. The predicted octanol–water partition coefficient (Wildman–Crippen LogP) is 5.68. The van der Waals surface area contributed by atoms with Crippen LogP contribution in [-0.2, 0) is 11.2 Å². The molecule has 0 aromatic heterocycles. The molecule has 0 heterocycles. The van der Waals surface area contributed by atoms with Gasteiger partial charge in [0.2, 0.25) is 0 Å². The number of aryl methyl sites for hydroxylation is 1. The largest absolute Gasteiger partial charge is 0.381 e. The number of hydrogen-bond donors (Lipinski definition) is 1. The molecule has 2 nitrogen and oxygen atoms in total. The highest BCUT2D eigenvalue weighted by atomic mass is 16.5. The number of nitrogens with two attached hydrogens (primary N) is 1. The highest BCUT2D eigenvalue weighted by Gasteiger charge is 2.04. The Morgan fingerprint density at radius 1 is 0.680 bits per heavy atom. The third-order valence-electron chi connectivity index (χ3n) is 4.63. The summed E-state index contributed by atoms with van der Waals surface area (Å²) in [6.45, 7) is 1.79. The van der Waals surface area contributed by atoms with E-state index in [4.69, 9.17) is 10.5 Å². The van der Waals surface area contributed by atoms with Crippen LogP contribution < -0.4 is 5.73 Å². The highest BCUT2D eigenvalue weighted by Crippen LogP contribution is 2.17. The molecule has 2 rings (SSSR count). The minimum absolute atomic E-state index is 0.182. The maximum absolute atomic E-state index is 6.22. The predicted molar refractivity (Wildman–Crippen MR) is 107 cm³/mol. The van der Waals surface area contributed by atoms with Crippen LogP contribution in [0.3, 0.4) is 0 Å². The maximum Gasteiger partial charge on any atom is 0.0466 e. The van der Waals surface area contributed by atoms with Crippen LogP contribution in [0.5, 0.6) is 0 Å². The molecule has 1 atom stereocenters. The number of unbranched alkanes of at least 4 members (excludes halogenated alkanes) is 4. The van der Waals surface area contributed by atoms with Gasteiger partial charge in [-0.15, -0.1) is 0 Å². The van der Waals surface area contributed by atoms with Crippen molar-refractivity contribution in [3.05, 3.63) is 71.8 Å². The van der Waals surface area contributed by atoms with E-state index in [1.165, 1.54) is 43.2 Å². The van der Waals surface area contributed by atoms with Crippen molar-refractivity contribution >= 4 is 0 Å². The third kappa shape index (κ3) is 8.85. The number of hydrogen-bond acceptors (Lipinski definition) is 2. The van der Waals surface area contributed by atoms with Crippen LogP contribution in [0.25, 0.3) is 0 Å². The Hall–Kier alpha value is -1.64. The van der Waals surface area contributed by atoms with E-state index in [-0.39, 0.29) is 6.04 Å². The van der Waals surface area contributed by atoms with Crippen LogP contribution in [0, 0.1) is 0 Å². The summed E-state index contributed by atoms with van der Waals surface area (Å²) >= 11 is 0. The van der Waals surface area contributed by atoms with Gasteiger partial charge in [0.1, 0.15) is 0 Å². The average Bonchev–Trinajstić information content (AvgIpc) is 2.67. The molecule has 136 valence electrons. The van der Waals surface area contributed by atoms with Crippen LogP contribution in [0.1, 0.15) is 62.1 Å². The second kappa shape index (κ2) is 12.7. The molecule has 0 aliphatic carbocycles. The zero-order valence-corrected chi connectivity index (χ0v) is 15.4. The summed E-state index contributed by atoms with van der Waals surface area (Å²) in [6.07, 6.45) is 9.45. The van der Waals surface area contributed by atoms with Crippen molar-refractivity contribution in [3.63, 3.8) is 0 Å². The summed E-state index contributed by atoms with van der Waals surface area (Å²) in [5.41, 5.74) is 8.90. The third-order valence-corrected chi connectivity index (χ3v) is 4.63. The van der Waals surface area contributed by atoms with E-state index >= 15 is 0 Å². The summed E-state index contributed by atoms with van der Waals surface area (Å²) in [6, 6.07) is 21.3. The Kier molecular flexibility index (Phi) is 9.99. The van der Waals surface area contributed by atoms with Gasteiger partial charge in [0, 0.05) is 19.3 Å². The van der Waals surface area contributed by atoms with Gasteiger partial charge < -0.3 is 10.5 Å². The van der Waals surface area contributed by atoms with Gasteiger partial charge in [-0.05, 0) is 43.2 Å². The van der Waals surface area contributed by atoms with Crippen LogP contribution in [-0.4, -0.2) is 13.2 Å². The van der Waals surface area contributed by atoms with E-state index in [0.717, 1.165) is 32.5 Å². The summed E-state index contributed by atoms with van der Waals surface area (Å²) in [5, 5.41) is 0. The minimum Gasteiger partial charge on any atom is -0.381 e. The highest BCUT2D eigenvalue weighted by molar-refractivity contribution is 5.18. The van der Waals surface area contributed by atoms with E-state index < -0.39 is 0 Å². The first-order valence-electron chi connectivity index (χ1n) is 9.78. The van der Waals surface area contributed by atoms with Gasteiger partial charge in [-0.3, -0.25) is 0 Å². The second-order valence-electron chi connectivity index (χ2n) is 6.78. The first-order chi connectivity index (χ1) is 12.4. The Balaban J connectivity index is 1.36. The summed E-state index contributed by atoms with van der Waals surface area (Å²) in [7, 11) is 0. The van der Waals surface area contributed by atoms with Crippen LogP contribution in [0.15, 0.2) is 60.7 Å². The SMILES string of the molecule is NC(CCCCCCOCCCCc1ccccc1)c1ccccc1. The summed E-state index contributed by atoms with van der Waals surface area (Å²) < 4.78 is 5.74. The Labute approximate surface area is 153 Å². The quantitative estimate of drug-likeness (QED) is 0.477. The van der Waals surface area contributed by atoms with E-state index in [1.807, 2.05) is 6.07 Å². The molecular weight excluding hydrogens is 306 g/mol. The first-order valence-corrected chi connectivity index (χ1v) is 9.78. The van der Waals surface area contributed by atoms with Crippen molar-refractivity contribution in [2.24, 2.45) is 5.73 Å². The molecule has 0 aliphatic rings. The van der Waals surface area contributed by atoms with E-state index in [1.54, 1.807) is 0 Å². The van der Waals surface area contributed by atoms with Gasteiger partial charge in [0.15, 0.2) is 0 Å². The Bertz CT molecular complexity index is 541. The second-order valence-corrected chi connectivity index (χ2v) is 6.78. The van der Waals surface area contributed by atoms with Gasteiger partial charge in [-0.2, -0.15) is 0 Å². The number of benzene rings is 2. The molecule has 2 heteroatoms. The minimum atomic E-state index is 0.182. The van der Waals surface area contributed by atoms with Crippen LogP contribution >= 0.6 is 0 Å². The number of rotatable bonds is 13. The van der Waals surface area contributed by atoms with Crippen molar-refractivity contribution < 1.29 is 4.74 Å². The molecule has 0 bridgehead atoms. The molecular formula is C23H33NO. The molecule has 0 saturated carbocycles. The normalized spacial score (nSPS) is 12.2. The summed E-state index contributed by atoms with van der Waals surface area (Å²) in [5.74, 6) is 0. The molecule has 0 fully saturated rings. The molecule has 0 amide bonds. The van der Waals surface area contributed by atoms with E-state index in [2.05, 4.69) is 54.6 Å². The molecule has 0 spiro atoms. The first kappa shape index (κ1) is 19.7. The van der Waals surface area contributed by atoms with Crippen molar-refractivity contribution in [3.8, 4) is 0 Å². The molecule has 0 saturated heterocycles. The van der Waals surface area contributed by atoms with Crippen molar-refractivity contribution in [2.45, 2.75) is 57.4 Å². The zero-order chi connectivity index (χ0) is 17.6. The van der Waals surface area contributed by atoms with E-state index in [0.29, 0.717) is 0 Å². The van der Waals surface area contributed by atoms with Crippen molar-refractivity contribution in [2.75, 3.05) is 13.2 Å². The fourth-order valence-corrected chi connectivity index (χ4v) is 3.07. The van der Waals surface area contributed by atoms with Gasteiger partial charge in [0.25, 0.3) is 0 Å². The molecule has 0 aliphatic heterocycles. The monoisotopic (exact) mass is 339 g/mol. The van der Waals surface area contributed by atoms with Gasteiger partial charge in [-0.25, -0.2) is 0 Å². The van der Waals surface area contributed by atoms with E-state index in [9.17, 15) is 0 Å². The standard InChI is InChI=1S/C23H33NO/c24-23(22-16-7-4-8-17-22)18-9-1-2-11-19-25-20-12-10-15-21-13-5-3-6-14-21/h3-8,13-14,16-17,23H,1-2,9-12,15,18-20,24H2. The van der Waals surface area contributed by atoms with Crippen LogP contribution in [0.2, 0.25) is 0 Å². The van der Waals surface area contributed by atoms with Gasteiger partial charge >= 0.3 is 0 Å². The Morgan fingerprint density at radius 3 is 2.00 bits per heavy atom. The molecule has 2 N–H and O–H groups in total. The maximum atomic E-state index is 6.22. The lowest BCUT2D eigenvalue weighted by Gasteiger charge is -2.11. The van der Waals surface area contributed by atoms with Gasteiger partial charge in [-0.1, -0.05) is 79.9 Å².